The van der Waals surface area contributed by atoms with E-state index in [1.165, 1.54) is 71.3 Å². The highest BCUT2D eigenvalue weighted by Gasteiger charge is 2.39. The first-order valence-electron chi connectivity index (χ1n) is 36.1. The Labute approximate surface area is 770 Å². The summed E-state index contributed by atoms with van der Waals surface area (Å²) < 4.78 is 87.3. The molecule has 0 aliphatic heterocycles. The van der Waals surface area contributed by atoms with E-state index in [1.807, 2.05) is 32.9 Å². The first-order valence-corrected chi connectivity index (χ1v) is 42.0. The molecule has 0 saturated heterocycles. The van der Waals surface area contributed by atoms with Gasteiger partial charge in [0.05, 0.1) is 65.1 Å². The van der Waals surface area contributed by atoms with Gasteiger partial charge in [0.1, 0.15) is 32.0 Å². The molecule has 0 aliphatic carbocycles. The number of nitrogens with one attached hydrogen (secondary N) is 8. The van der Waals surface area contributed by atoms with Crippen molar-refractivity contribution >= 4 is 208 Å². The van der Waals surface area contributed by atoms with Gasteiger partial charge in [-0.1, -0.05) is 106 Å². The minimum Gasteiger partial charge on any atom is -0.355 e. The number of alkyl halides is 6. The van der Waals surface area contributed by atoms with Gasteiger partial charge >= 0.3 is 12.4 Å². The SMILES string of the molecule is CNC(=O)c1cc(Br)cc(C)c1NC(=O)c1cc(Br)nn1-c1ncccc1Cl.Cc1cc(Br)cc(C(=O)NC(C)C)c1NC(=O)c1cc(Br)nn1-c1ncccc1Cl.Cc1cc(Br)cc(C(=O)NC(C)C)c1NC(=O)c1cc(C(F)(F)F)nn1-c1ncccc1Cl.Cc1cc(Cl)cc(C(=O)NC(C)C)c1NC(=O)c1cc(C(F)(F)F)nn1-c1ncccc1Cl. The Morgan fingerprint density at radius 2 is 0.597 bits per heavy atom. The lowest BCUT2D eigenvalue weighted by Gasteiger charge is -2.16. The van der Waals surface area contributed by atoms with Gasteiger partial charge in [0.2, 0.25) is 0 Å². The van der Waals surface area contributed by atoms with Gasteiger partial charge in [-0.3, -0.25) is 38.4 Å². The van der Waals surface area contributed by atoms with Crippen molar-refractivity contribution in [3.05, 3.63) is 273 Å². The Balaban J connectivity index is 0.000000188. The number of rotatable bonds is 19. The average molecular weight is 2130 g/mol. The average Bonchev–Trinajstić information content (AvgIpc) is 1.64. The van der Waals surface area contributed by atoms with Crippen LogP contribution in [0.3, 0.4) is 0 Å². The fourth-order valence-electron chi connectivity index (χ4n) is 11.4. The Bertz CT molecular complexity index is 5940. The summed E-state index contributed by atoms with van der Waals surface area (Å²) in [6.07, 6.45) is -3.90. The molecule has 44 heteroatoms. The lowest BCUT2D eigenvalue weighted by atomic mass is 10.1. The number of amides is 8. The van der Waals surface area contributed by atoms with Crippen LogP contribution in [0.1, 0.15) is 159 Å². The number of carbonyl (C=O) groups is 8. The van der Waals surface area contributed by atoms with E-state index in [4.69, 9.17) is 58.0 Å². The van der Waals surface area contributed by atoms with Gasteiger partial charge in [-0.05, 0) is 220 Å². The molecule has 8 amide bonds. The molecule has 0 fully saturated rings. The van der Waals surface area contributed by atoms with Crippen molar-refractivity contribution in [1.29, 1.82) is 0 Å². The first-order chi connectivity index (χ1) is 58.2. The highest BCUT2D eigenvalue weighted by atomic mass is 79.9. The Morgan fingerprint density at radius 1 is 0.347 bits per heavy atom. The number of pyridine rings is 4. The maximum absolute atomic E-state index is 13.4. The Kier molecular flexibility index (Phi) is 33.0. The zero-order chi connectivity index (χ0) is 91.4. The summed E-state index contributed by atoms with van der Waals surface area (Å²) in [7, 11) is 1.53. The minimum absolute atomic E-state index is 0.000182. The molecule has 0 atom stereocenters. The summed E-state index contributed by atoms with van der Waals surface area (Å²) in [5, 5.41) is 38.0. The molecule has 0 saturated carbocycles. The molecule has 8 aromatic heterocycles. The van der Waals surface area contributed by atoms with Crippen LogP contribution in [0.25, 0.3) is 23.3 Å². The second kappa shape index (κ2) is 42.0. The van der Waals surface area contributed by atoms with E-state index in [1.54, 1.807) is 115 Å². The fourth-order valence-corrected chi connectivity index (χ4v) is 14.9. The van der Waals surface area contributed by atoms with Crippen LogP contribution < -0.4 is 42.5 Å². The van der Waals surface area contributed by atoms with Crippen LogP contribution in [0, 0.1) is 27.7 Å². The molecule has 0 aliphatic rings. The van der Waals surface area contributed by atoms with Gasteiger partial charge in [-0.25, -0.2) is 38.7 Å². The monoisotopic (exact) mass is 2120 g/mol. The third-order valence-electron chi connectivity index (χ3n) is 16.7. The van der Waals surface area contributed by atoms with E-state index >= 15 is 0 Å². The van der Waals surface area contributed by atoms with Crippen LogP contribution in [-0.4, -0.2) is 131 Å². The van der Waals surface area contributed by atoms with Crippen LogP contribution in [0.5, 0.6) is 0 Å². The number of benzene rings is 4. The second-order valence-electron chi connectivity index (χ2n) is 27.3. The van der Waals surface area contributed by atoms with E-state index in [-0.39, 0.29) is 90.5 Å². The highest BCUT2D eigenvalue weighted by Crippen LogP contribution is 2.37. The molecule has 8 heterocycles. The summed E-state index contributed by atoms with van der Waals surface area (Å²) in [6.45, 7) is 17.7. The van der Waals surface area contributed by atoms with Gasteiger partial charge < -0.3 is 42.5 Å². The summed E-state index contributed by atoms with van der Waals surface area (Å²) in [6, 6.07) is 29.3. The topological polar surface area (TPSA) is 356 Å². The molecule has 4 aromatic carbocycles. The molecule has 8 N–H and O–H groups in total. The number of carbonyl (C=O) groups excluding carboxylic acids is 8. The van der Waals surface area contributed by atoms with Crippen molar-refractivity contribution in [2.45, 2.75) is 99.7 Å². The summed E-state index contributed by atoms with van der Waals surface area (Å²) in [5.74, 6) is -4.05. The van der Waals surface area contributed by atoms with Crippen molar-refractivity contribution in [2.75, 3.05) is 28.3 Å². The molecule has 0 bridgehead atoms. The van der Waals surface area contributed by atoms with E-state index < -0.39 is 70.6 Å². The standard InChI is InChI=1S/C21H18BrClF3N5O2.C21H18Cl2F3N5O2.C20H18Br2ClN5O2.C18H14Br2ClN5O2/c2*1-10(2)28-19(32)13-8-12(22)7-11(3)17(13)29-20(33)15-9-16(21(24,25)26)30-31(15)18-14(23)5-4-6-27-18;1-10(2)25-19(29)13-8-12(21)7-11(3)17(13)26-20(30)15-9-16(22)27-28(15)18-14(23)5-4-6-24-18;1-9-6-10(19)7-11(17(27)22-2)15(9)24-18(28)13-8-14(20)25-26(13)16-12(21)4-3-5-23-16/h2*4-10H,1-3H3,(H,28,32)(H,29,33);4-10H,1-3H3,(H,25,29)(H,26,30);3-8H,1-2H3,(H,22,27)(H,24,28). The van der Waals surface area contributed by atoms with Crippen molar-refractivity contribution in [3.63, 3.8) is 0 Å². The molecule has 12 rings (SSSR count). The van der Waals surface area contributed by atoms with Crippen molar-refractivity contribution in [2.24, 2.45) is 0 Å². The number of halogens is 16. The van der Waals surface area contributed by atoms with Gasteiger partial charge in [0, 0.05) is 92.7 Å². The molecule has 28 nitrogen and oxygen atoms in total. The fraction of sp³-hybridized carbons (Fsp3) is 0.200. The molecule has 0 radical (unpaired) electrons. The normalized spacial score (nSPS) is 11.2. The number of anilines is 4. The summed E-state index contributed by atoms with van der Waals surface area (Å²) >= 11 is 47.3. The van der Waals surface area contributed by atoms with Crippen molar-refractivity contribution in [1.82, 2.24) is 80.3 Å². The van der Waals surface area contributed by atoms with Gasteiger partial charge in [0.25, 0.3) is 47.3 Å². The van der Waals surface area contributed by atoms with Crippen LogP contribution in [-0.2, 0) is 12.4 Å². The van der Waals surface area contributed by atoms with E-state index in [0.717, 1.165) is 24.8 Å². The van der Waals surface area contributed by atoms with Crippen molar-refractivity contribution < 1.29 is 64.7 Å². The maximum Gasteiger partial charge on any atom is 0.435 e. The van der Waals surface area contributed by atoms with E-state index in [0.29, 0.717) is 85.8 Å². The van der Waals surface area contributed by atoms with Gasteiger partial charge in [0.15, 0.2) is 34.7 Å². The van der Waals surface area contributed by atoms with Crippen molar-refractivity contribution in [3.8, 4) is 23.3 Å². The Hall–Kier alpha value is -10.5. The largest absolute Gasteiger partial charge is 0.435 e. The van der Waals surface area contributed by atoms with Crippen LogP contribution in [0.4, 0.5) is 49.1 Å². The molecular formula is C80H68Br5Cl5F6N20O8. The molecular weight excluding hydrogens is 2060 g/mol. The molecule has 124 heavy (non-hydrogen) atoms. The number of aromatic nitrogens is 12. The number of hydrogen-bond donors (Lipinski definition) is 8. The van der Waals surface area contributed by atoms with Gasteiger partial charge in [-0.15, -0.1) is 0 Å². The highest BCUT2D eigenvalue weighted by molar-refractivity contribution is 9.11. The third-order valence-corrected chi connectivity index (χ3v) is 20.2. The number of hydrogen-bond acceptors (Lipinski definition) is 16. The molecule has 12 aromatic rings. The smallest absolute Gasteiger partial charge is 0.355 e. The Morgan fingerprint density at radius 3 is 0.855 bits per heavy atom. The minimum atomic E-state index is -4.82. The lowest BCUT2D eigenvalue weighted by Crippen LogP contribution is -2.31. The van der Waals surface area contributed by atoms with Crippen LogP contribution in [0.2, 0.25) is 25.1 Å². The zero-order valence-electron chi connectivity index (χ0n) is 66.3. The van der Waals surface area contributed by atoms with E-state index in [2.05, 4.69) is 163 Å². The second-order valence-corrected chi connectivity index (χ2v) is 33.7. The number of nitrogens with zero attached hydrogens (tertiary/aromatic N) is 12. The summed E-state index contributed by atoms with van der Waals surface area (Å²) in [4.78, 5) is 119. The zero-order valence-corrected chi connectivity index (χ0v) is 78.0. The third kappa shape index (κ3) is 24.6. The maximum atomic E-state index is 13.4. The number of aryl methyl sites for hydroxylation is 4. The predicted molar refractivity (Wildman–Crippen MR) is 477 cm³/mol. The quantitative estimate of drug-likeness (QED) is 0.0349. The lowest BCUT2D eigenvalue weighted by molar-refractivity contribution is -0.142. The van der Waals surface area contributed by atoms with E-state index in [9.17, 15) is 64.7 Å². The van der Waals surface area contributed by atoms with Crippen LogP contribution in [0.15, 0.2) is 169 Å². The molecule has 0 spiro atoms. The first kappa shape index (κ1) is 97.3. The molecule has 648 valence electrons. The predicted octanol–water partition coefficient (Wildman–Crippen LogP) is 20.2. The van der Waals surface area contributed by atoms with Gasteiger partial charge in [-0.2, -0.15) is 46.7 Å². The van der Waals surface area contributed by atoms with Crippen LogP contribution >= 0.6 is 138 Å². The molecule has 0 unspecified atom stereocenters. The summed E-state index contributed by atoms with van der Waals surface area (Å²) in [5.41, 5.74) is 1.23.